The van der Waals surface area contributed by atoms with Crippen LogP contribution in [0.5, 0.6) is 5.75 Å². The molecule has 2 aromatic carbocycles. The standard InChI is InChI=1S/C14H8F4O3.C2H6.H2S/c15-9-8(10(16)12(18)13(19)11(9)17)14(20)21-6-7-4-2-1-3-5-7;1-2;/h1-5,19H,6H2;1-2H3;1H2. The maximum atomic E-state index is 13.4. The van der Waals surface area contributed by atoms with Crippen LogP contribution in [0.4, 0.5) is 17.6 Å². The van der Waals surface area contributed by atoms with E-state index in [4.69, 9.17) is 5.11 Å². The zero-order valence-corrected chi connectivity index (χ0v) is 13.9. The number of halogens is 4. The lowest BCUT2D eigenvalue weighted by Gasteiger charge is -2.09. The number of carbonyl (C=O) groups is 1. The Morgan fingerprint density at radius 3 is 1.88 bits per heavy atom. The Bertz CT molecular complexity index is 664. The summed E-state index contributed by atoms with van der Waals surface area (Å²) in [6.07, 6.45) is 0. The van der Waals surface area contributed by atoms with Crippen molar-refractivity contribution in [1.82, 2.24) is 0 Å². The van der Waals surface area contributed by atoms with E-state index in [2.05, 4.69) is 4.74 Å². The number of rotatable bonds is 3. The van der Waals surface area contributed by atoms with E-state index < -0.39 is 40.6 Å². The Hall–Kier alpha value is -2.22. The number of benzene rings is 2. The highest BCUT2D eigenvalue weighted by atomic mass is 32.1. The largest absolute Gasteiger partial charge is 0.503 e. The molecule has 0 unspecified atom stereocenters. The van der Waals surface area contributed by atoms with E-state index in [1.807, 2.05) is 13.8 Å². The summed E-state index contributed by atoms with van der Waals surface area (Å²) < 4.78 is 57.7. The Balaban J connectivity index is 0.00000170. The van der Waals surface area contributed by atoms with Crippen LogP contribution in [0, 0.1) is 23.3 Å². The lowest BCUT2D eigenvalue weighted by molar-refractivity contribution is 0.0458. The summed E-state index contributed by atoms with van der Waals surface area (Å²) in [5, 5.41) is 8.80. The molecule has 0 heterocycles. The van der Waals surface area contributed by atoms with Crippen molar-refractivity contribution in [3.63, 3.8) is 0 Å². The molecule has 1 N–H and O–H groups in total. The van der Waals surface area contributed by atoms with Crippen molar-refractivity contribution in [3.8, 4) is 5.75 Å². The van der Waals surface area contributed by atoms with Crippen LogP contribution >= 0.6 is 13.5 Å². The lowest BCUT2D eigenvalue weighted by atomic mass is 10.1. The average Bonchev–Trinajstić information content (AvgIpc) is 2.59. The smallest absolute Gasteiger partial charge is 0.344 e. The first-order valence-electron chi connectivity index (χ1n) is 6.69. The van der Waals surface area contributed by atoms with Crippen molar-refractivity contribution in [2.45, 2.75) is 20.5 Å². The minimum Gasteiger partial charge on any atom is -0.503 e. The first-order valence-corrected chi connectivity index (χ1v) is 6.69. The van der Waals surface area contributed by atoms with Crippen LogP contribution in [0.3, 0.4) is 0 Å². The minimum atomic E-state index is -2.06. The van der Waals surface area contributed by atoms with Crippen LogP contribution < -0.4 is 0 Å². The van der Waals surface area contributed by atoms with Crippen LogP contribution in [0.25, 0.3) is 0 Å². The maximum absolute atomic E-state index is 13.4. The van der Waals surface area contributed by atoms with Crippen LogP contribution in [-0.2, 0) is 11.3 Å². The zero-order chi connectivity index (χ0) is 17.6. The van der Waals surface area contributed by atoms with Crippen molar-refractivity contribution in [3.05, 3.63) is 64.7 Å². The minimum absolute atomic E-state index is 0. The predicted molar refractivity (Wildman–Crippen MR) is 85.2 cm³/mol. The van der Waals surface area contributed by atoms with E-state index in [1.54, 1.807) is 30.3 Å². The van der Waals surface area contributed by atoms with Gasteiger partial charge < -0.3 is 9.84 Å². The van der Waals surface area contributed by atoms with Gasteiger partial charge in [0, 0.05) is 0 Å². The van der Waals surface area contributed by atoms with Gasteiger partial charge >= 0.3 is 5.97 Å². The van der Waals surface area contributed by atoms with Crippen molar-refractivity contribution < 1.29 is 32.2 Å². The normalized spacial score (nSPS) is 9.42. The molecule has 0 fully saturated rings. The number of carbonyl (C=O) groups excluding carboxylic acids is 1. The van der Waals surface area contributed by atoms with Gasteiger partial charge in [-0.3, -0.25) is 0 Å². The summed E-state index contributed by atoms with van der Waals surface area (Å²) in [6, 6.07) is 8.15. The molecule has 0 saturated carbocycles. The fourth-order valence-corrected chi connectivity index (χ4v) is 1.59. The van der Waals surface area contributed by atoms with Gasteiger partial charge in [-0.15, -0.1) is 0 Å². The van der Waals surface area contributed by atoms with Gasteiger partial charge in [-0.2, -0.15) is 22.3 Å². The fourth-order valence-electron chi connectivity index (χ4n) is 1.59. The van der Waals surface area contributed by atoms with Gasteiger partial charge in [0.2, 0.25) is 11.6 Å². The molecule has 3 nitrogen and oxygen atoms in total. The number of esters is 1. The molecule has 0 amide bonds. The van der Waals surface area contributed by atoms with Crippen molar-refractivity contribution in [2.75, 3.05) is 0 Å². The molecule has 2 rings (SSSR count). The Kier molecular flexibility index (Phi) is 8.91. The van der Waals surface area contributed by atoms with E-state index >= 15 is 0 Å². The van der Waals surface area contributed by atoms with Gasteiger partial charge in [-0.1, -0.05) is 44.2 Å². The Labute approximate surface area is 143 Å². The molecule has 132 valence electrons. The van der Waals surface area contributed by atoms with E-state index in [-0.39, 0.29) is 20.1 Å². The van der Waals surface area contributed by atoms with Crippen molar-refractivity contribution in [2.24, 2.45) is 0 Å². The van der Waals surface area contributed by atoms with Gasteiger partial charge in [-0.05, 0) is 5.56 Å². The number of phenolic OH excluding ortho intramolecular Hbond substituents is 1. The predicted octanol–water partition coefficient (Wildman–Crippen LogP) is 4.44. The SMILES string of the molecule is CC.O=C(OCc1ccccc1)c1c(F)c(F)c(O)c(F)c1F.S. The number of ether oxygens (including phenoxy) is 1. The summed E-state index contributed by atoms with van der Waals surface area (Å²) in [7, 11) is 0. The highest BCUT2D eigenvalue weighted by molar-refractivity contribution is 7.59. The number of phenols is 1. The van der Waals surface area contributed by atoms with Crippen LogP contribution in [-0.4, -0.2) is 11.1 Å². The fraction of sp³-hybridized carbons (Fsp3) is 0.188. The average molecular weight is 364 g/mol. The van der Waals surface area contributed by atoms with Gasteiger partial charge in [0.1, 0.15) is 12.2 Å². The third-order valence-electron chi connectivity index (χ3n) is 2.66. The lowest BCUT2D eigenvalue weighted by Crippen LogP contribution is -2.13. The summed E-state index contributed by atoms with van der Waals surface area (Å²) in [4.78, 5) is 11.6. The van der Waals surface area contributed by atoms with Gasteiger partial charge in [0.25, 0.3) is 0 Å². The molecule has 0 bridgehead atoms. The molecular formula is C16H16F4O3S. The maximum Gasteiger partial charge on any atom is 0.344 e. The number of hydrogen-bond acceptors (Lipinski definition) is 3. The second-order valence-corrected chi connectivity index (χ2v) is 4.04. The van der Waals surface area contributed by atoms with Gasteiger partial charge in [-0.25, -0.2) is 13.6 Å². The number of hydrogen-bond donors (Lipinski definition) is 1. The van der Waals surface area contributed by atoms with Gasteiger partial charge in [0.15, 0.2) is 17.4 Å². The second kappa shape index (κ2) is 9.82. The van der Waals surface area contributed by atoms with Crippen LogP contribution in [0.1, 0.15) is 29.8 Å². The summed E-state index contributed by atoms with van der Waals surface area (Å²) >= 11 is 0. The summed E-state index contributed by atoms with van der Waals surface area (Å²) in [5.74, 6) is -11.5. The number of aromatic hydroxyl groups is 1. The molecule has 24 heavy (non-hydrogen) atoms. The molecule has 0 spiro atoms. The van der Waals surface area contributed by atoms with E-state index in [9.17, 15) is 22.4 Å². The second-order valence-electron chi connectivity index (χ2n) is 4.04. The monoisotopic (exact) mass is 364 g/mol. The van der Waals surface area contributed by atoms with Crippen molar-refractivity contribution >= 4 is 19.5 Å². The van der Waals surface area contributed by atoms with Crippen molar-refractivity contribution in [1.29, 1.82) is 0 Å². The first kappa shape index (κ1) is 21.8. The Morgan fingerprint density at radius 2 is 1.42 bits per heavy atom. The molecule has 0 aliphatic carbocycles. The molecule has 0 atom stereocenters. The third kappa shape index (κ3) is 4.64. The molecule has 0 aliphatic heterocycles. The molecule has 0 radical (unpaired) electrons. The molecule has 8 heteroatoms. The van der Waals surface area contributed by atoms with E-state index in [0.717, 1.165) is 0 Å². The van der Waals surface area contributed by atoms with E-state index in [0.29, 0.717) is 5.56 Å². The quantitative estimate of drug-likeness (QED) is 0.497. The van der Waals surface area contributed by atoms with Gasteiger partial charge in [0.05, 0.1) is 0 Å². The summed E-state index contributed by atoms with van der Waals surface area (Å²) in [5.41, 5.74) is -1.01. The van der Waals surface area contributed by atoms with E-state index in [1.165, 1.54) is 0 Å². The summed E-state index contributed by atoms with van der Waals surface area (Å²) in [6.45, 7) is 3.67. The zero-order valence-electron chi connectivity index (χ0n) is 12.9. The Morgan fingerprint density at radius 1 is 0.958 bits per heavy atom. The highest BCUT2D eigenvalue weighted by Gasteiger charge is 2.30. The molecule has 0 saturated heterocycles. The van der Waals surface area contributed by atoms with Crippen LogP contribution in [0.15, 0.2) is 30.3 Å². The topological polar surface area (TPSA) is 46.5 Å². The molecule has 0 aromatic heterocycles. The molecular weight excluding hydrogens is 348 g/mol. The highest BCUT2D eigenvalue weighted by Crippen LogP contribution is 2.29. The molecule has 0 aliphatic rings. The third-order valence-corrected chi connectivity index (χ3v) is 2.66. The molecule has 2 aromatic rings. The van der Waals surface area contributed by atoms with Crippen LogP contribution in [0.2, 0.25) is 0 Å². The first-order chi connectivity index (χ1) is 10.9.